The maximum Gasteiger partial charge on any atom is -0.0295 e. The van der Waals surface area contributed by atoms with Crippen LogP contribution >= 0.6 is 0 Å². The summed E-state index contributed by atoms with van der Waals surface area (Å²) in [5.74, 6) is 4.16. The van der Waals surface area contributed by atoms with E-state index in [2.05, 4.69) is 27.7 Å². The minimum atomic E-state index is 0.684. The predicted molar refractivity (Wildman–Crippen MR) is 57.6 cm³/mol. The molecule has 0 nitrogen and oxygen atoms in total. The van der Waals surface area contributed by atoms with Gasteiger partial charge in [0.1, 0.15) is 0 Å². The van der Waals surface area contributed by atoms with Crippen molar-refractivity contribution in [3.8, 4) is 0 Å². The molecule has 13 heavy (non-hydrogen) atoms. The van der Waals surface area contributed by atoms with Gasteiger partial charge < -0.3 is 0 Å². The van der Waals surface area contributed by atoms with Gasteiger partial charge in [-0.15, -0.1) is 0 Å². The normalized spacial score (nSPS) is 47.1. The maximum absolute atomic E-state index is 2.50. The van der Waals surface area contributed by atoms with E-state index < -0.39 is 0 Å². The van der Waals surface area contributed by atoms with Crippen LogP contribution in [0.15, 0.2) is 0 Å². The lowest BCUT2D eigenvalue weighted by Gasteiger charge is -2.62. The zero-order valence-electron chi connectivity index (χ0n) is 9.64. The first kappa shape index (κ1) is 9.55. The second-order valence-electron chi connectivity index (χ2n) is 6.00. The predicted octanol–water partition coefficient (Wildman–Crippen LogP) is 4.10. The lowest BCUT2D eigenvalue weighted by Crippen LogP contribution is -2.54. The smallest absolute Gasteiger partial charge is 0.0295 e. The fourth-order valence-corrected chi connectivity index (χ4v) is 4.01. The molecule has 0 aromatic rings. The zero-order chi connectivity index (χ0) is 9.64. The summed E-state index contributed by atoms with van der Waals surface area (Å²) in [6, 6.07) is 0. The summed E-state index contributed by atoms with van der Waals surface area (Å²) >= 11 is 0. The monoisotopic (exact) mass is 180 g/mol. The average Bonchev–Trinajstić information content (AvgIpc) is 2.08. The molecule has 3 aliphatic rings. The van der Waals surface area contributed by atoms with Crippen molar-refractivity contribution >= 4 is 0 Å². The average molecular weight is 180 g/mol. The van der Waals surface area contributed by atoms with Crippen molar-refractivity contribution in [2.75, 3.05) is 0 Å². The second-order valence-corrected chi connectivity index (χ2v) is 6.00. The molecule has 0 N–H and O–H groups in total. The van der Waals surface area contributed by atoms with E-state index in [0.29, 0.717) is 5.41 Å². The number of hydrogen-bond acceptors (Lipinski definition) is 0. The molecule has 0 radical (unpaired) electrons. The van der Waals surface area contributed by atoms with Crippen molar-refractivity contribution in [2.24, 2.45) is 29.1 Å². The third-order valence-electron chi connectivity index (χ3n) is 5.17. The first-order valence-electron chi connectivity index (χ1n) is 6.07. The summed E-state index contributed by atoms with van der Waals surface area (Å²) in [7, 11) is 0. The highest BCUT2D eigenvalue weighted by atomic mass is 14.6. The van der Waals surface area contributed by atoms with E-state index in [4.69, 9.17) is 0 Å². The van der Waals surface area contributed by atoms with Crippen LogP contribution in [-0.2, 0) is 0 Å². The van der Waals surface area contributed by atoms with Crippen LogP contribution < -0.4 is 0 Å². The Morgan fingerprint density at radius 2 is 1.92 bits per heavy atom. The molecule has 0 amide bonds. The number of hydrogen-bond donors (Lipinski definition) is 0. The highest BCUT2D eigenvalue weighted by molar-refractivity contribution is 5.04. The fraction of sp³-hybridized carbons (Fsp3) is 1.00. The van der Waals surface area contributed by atoms with E-state index in [1.54, 1.807) is 0 Å². The Bertz CT molecular complexity index is 192. The molecule has 2 bridgehead atoms. The molecule has 0 aromatic heterocycles. The third kappa shape index (κ3) is 1.25. The zero-order valence-corrected chi connectivity index (χ0v) is 9.64. The van der Waals surface area contributed by atoms with Crippen LogP contribution in [-0.4, -0.2) is 0 Å². The number of fused-ring (bicyclic) bond motifs is 2. The minimum absolute atomic E-state index is 0.684. The molecule has 0 aliphatic heterocycles. The Kier molecular flexibility index (Phi) is 2.20. The maximum atomic E-state index is 2.50. The van der Waals surface area contributed by atoms with E-state index in [9.17, 15) is 0 Å². The van der Waals surface area contributed by atoms with Gasteiger partial charge >= 0.3 is 0 Å². The van der Waals surface area contributed by atoms with Gasteiger partial charge in [-0.05, 0) is 41.9 Å². The van der Waals surface area contributed by atoms with Crippen LogP contribution in [0.25, 0.3) is 0 Å². The summed E-state index contributed by atoms with van der Waals surface area (Å²) < 4.78 is 0. The topological polar surface area (TPSA) is 0 Å². The standard InChI is InChI=1S/C13H24/c1-5-6-10-7-11-8-12(9(10)2)13(11,3)4/h9-12H,5-8H2,1-4H3/t9?,10?,11-,12?/m1/s1. The molecule has 3 fully saturated rings. The quantitative estimate of drug-likeness (QED) is 0.600. The van der Waals surface area contributed by atoms with Crippen molar-refractivity contribution in [3.05, 3.63) is 0 Å². The van der Waals surface area contributed by atoms with Crippen molar-refractivity contribution < 1.29 is 0 Å². The van der Waals surface area contributed by atoms with Gasteiger partial charge in [-0.2, -0.15) is 0 Å². The highest BCUT2D eigenvalue weighted by Crippen LogP contribution is 2.63. The van der Waals surface area contributed by atoms with Gasteiger partial charge in [-0.25, -0.2) is 0 Å². The van der Waals surface area contributed by atoms with E-state index in [-0.39, 0.29) is 0 Å². The van der Waals surface area contributed by atoms with Crippen molar-refractivity contribution in [3.63, 3.8) is 0 Å². The Hall–Kier alpha value is 0. The lowest BCUT2D eigenvalue weighted by atomic mass is 9.43. The Balaban J connectivity index is 2.03. The first-order chi connectivity index (χ1) is 6.07. The van der Waals surface area contributed by atoms with Crippen molar-refractivity contribution in [1.29, 1.82) is 0 Å². The molecule has 4 atom stereocenters. The van der Waals surface area contributed by atoms with Gasteiger partial charge in [-0.1, -0.05) is 40.5 Å². The fourth-order valence-electron chi connectivity index (χ4n) is 4.01. The van der Waals surface area contributed by atoms with Gasteiger partial charge in [0, 0.05) is 0 Å². The molecule has 0 heterocycles. The molecular weight excluding hydrogens is 156 g/mol. The molecular formula is C13H24. The molecule has 0 aromatic carbocycles. The van der Waals surface area contributed by atoms with Crippen LogP contribution in [0.1, 0.15) is 53.4 Å². The van der Waals surface area contributed by atoms with Gasteiger partial charge in [-0.3, -0.25) is 0 Å². The summed E-state index contributed by atoms with van der Waals surface area (Å²) in [4.78, 5) is 0. The summed E-state index contributed by atoms with van der Waals surface area (Å²) in [6.45, 7) is 9.81. The van der Waals surface area contributed by atoms with Crippen molar-refractivity contribution in [1.82, 2.24) is 0 Å². The minimum Gasteiger partial charge on any atom is -0.0654 e. The van der Waals surface area contributed by atoms with E-state index in [1.165, 1.54) is 25.7 Å². The molecule has 3 saturated carbocycles. The van der Waals surface area contributed by atoms with Crippen LogP contribution in [0, 0.1) is 29.1 Å². The first-order valence-corrected chi connectivity index (χ1v) is 6.07. The Labute approximate surface area is 83.1 Å². The van der Waals surface area contributed by atoms with Gasteiger partial charge in [0.2, 0.25) is 0 Å². The molecule has 3 rings (SSSR count). The van der Waals surface area contributed by atoms with E-state index in [1.807, 2.05) is 0 Å². The van der Waals surface area contributed by atoms with Gasteiger partial charge in [0.15, 0.2) is 0 Å². The largest absolute Gasteiger partial charge is 0.0654 e. The van der Waals surface area contributed by atoms with Crippen LogP contribution in [0.5, 0.6) is 0 Å². The molecule has 0 saturated heterocycles. The molecule has 76 valence electrons. The van der Waals surface area contributed by atoms with Crippen molar-refractivity contribution in [2.45, 2.75) is 53.4 Å². The van der Waals surface area contributed by atoms with E-state index >= 15 is 0 Å². The summed E-state index contributed by atoms with van der Waals surface area (Å²) in [5.41, 5.74) is 0.684. The second kappa shape index (κ2) is 3.00. The molecule has 3 unspecified atom stereocenters. The van der Waals surface area contributed by atoms with Crippen LogP contribution in [0.4, 0.5) is 0 Å². The lowest BCUT2D eigenvalue weighted by molar-refractivity contribution is -0.130. The molecule has 0 spiro atoms. The highest BCUT2D eigenvalue weighted by Gasteiger charge is 2.55. The molecule has 0 heteroatoms. The summed E-state index contributed by atoms with van der Waals surface area (Å²) in [6.07, 6.45) is 5.92. The van der Waals surface area contributed by atoms with E-state index in [0.717, 1.165) is 23.7 Å². The number of rotatable bonds is 2. The van der Waals surface area contributed by atoms with Crippen LogP contribution in [0.3, 0.4) is 0 Å². The molecule has 3 aliphatic carbocycles. The van der Waals surface area contributed by atoms with Gasteiger partial charge in [0.25, 0.3) is 0 Å². The third-order valence-corrected chi connectivity index (χ3v) is 5.17. The SMILES string of the molecule is CCCC1C[C@@H]2CC(C1C)C2(C)C. The van der Waals surface area contributed by atoms with Crippen LogP contribution in [0.2, 0.25) is 0 Å². The Morgan fingerprint density at radius 3 is 2.38 bits per heavy atom. The van der Waals surface area contributed by atoms with Gasteiger partial charge in [0.05, 0.1) is 0 Å². The summed E-state index contributed by atoms with van der Waals surface area (Å²) in [5, 5.41) is 0. The Morgan fingerprint density at radius 1 is 1.23 bits per heavy atom.